The van der Waals surface area contributed by atoms with E-state index in [1.54, 1.807) is 24.9 Å². The van der Waals surface area contributed by atoms with Gasteiger partial charge in [0.15, 0.2) is 0 Å². The minimum absolute atomic E-state index is 0.467. The van der Waals surface area contributed by atoms with Gasteiger partial charge >= 0.3 is 0 Å². The molecule has 0 radical (unpaired) electrons. The Morgan fingerprint density at radius 2 is 2.33 bits per heavy atom. The fraction of sp³-hybridized carbons (Fsp3) is 0.545. The first-order valence-electron chi connectivity index (χ1n) is 5.00. The molecule has 0 aliphatic rings. The molecule has 1 aromatic rings. The van der Waals surface area contributed by atoms with Crippen LogP contribution in [0.5, 0.6) is 0 Å². The van der Waals surface area contributed by atoms with Crippen molar-refractivity contribution in [1.29, 1.82) is 0 Å². The molecule has 0 spiro atoms. The second-order valence-corrected chi connectivity index (χ2v) is 4.49. The van der Waals surface area contributed by atoms with E-state index < -0.39 is 6.10 Å². The molecule has 0 aromatic carbocycles. The van der Waals surface area contributed by atoms with E-state index in [-0.39, 0.29) is 0 Å². The van der Waals surface area contributed by atoms with Crippen molar-refractivity contribution in [2.75, 3.05) is 30.5 Å². The number of hydrogen-bond donors (Lipinski definition) is 1. The number of nitrogens with zero attached hydrogens (tertiary/aromatic N) is 2. The highest BCUT2D eigenvalue weighted by Gasteiger charge is 2.11. The highest BCUT2D eigenvalue weighted by molar-refractivity contribution is 7.98. The predicted molar refractivity (Wildman–Crippen MR) is 66.5 cm³/mol. The number of hydrogen-bond acceptors (Lipinski definition) is 4. The molecule has 0 fully saturated rings. The Kier molecular flexibility index (Phi) is 4.91. The van der Waals surface area contributed by atoms with E-state index in [4.69, 9.17) is 0 Å². The number of rotatable bonds is 5. The molecule has 1 N–H and O–H groups in total. The van der Waals surface area contributed by atoms with E-state index in [9.17, 15) is 5.11 Å². The van der Waals surface area contributed by atoms with Crippen LogP contribution in [0, 0.1) is 0 Å². The third kappa shape index (κ3) is 3.39. The molecule has 0 bridgehead atoms. The Bertz CT molecular complexity index is 304. The Balaban J connectivity index is 2.82. The van der Waals surface area contributed by atoms with Crippen LogP contribution in [-0.2, 0) is 0 Å². The minimum Gasteiger partial charge on any atom is -0.389 e. The first-order chi connectivity index (χ1) is 7.16. The summed E-state index contributed by atoms with van der Waals surface area (Å²) in [6, 6.07) is 3.77. The predicted octanol–water partition coefficient (Wildman–Crippen LogP) is 1.93. The third-order valence-electron chi connectivity index (χ3n) is 2.26. The van der Waals surface area contributed by atoms with E-state index in [0.29, 0.717) is 0 Å². The number of pyridine rings is 1. The van der Waals surface area contributed by atoms with Crippen LogP contribution in [0.4, 0.5) is 5.82 Å². The van der Waals surface area contributed by atoms with Gasteiger partial charge in [0.25, 0.3) is 0 Å². The highest BCUT2D eigenvalue weighted by atomic mass is 32.2. The van der Waals surface area contributed by atoms with Crippen LogP contribution in [0.1, 0.15) is 18.6 Å². The van der Waals surface area contributed by atoms with E-state index in [0.717, 1.165) is 23.7 Å². The second kappa shape index (κ2) is 5.98. The first kappa shape index (κ1) is 12.3. The van der Waals surface area contributed by atoms with Gasteiger partial charge in [0.2, 0.25) is 0 Å². The normalized spacial score (nSPS) is 12.5. The SMILES string of the molecule is CSCCN(C)c1ncccc1[C@@H](C)O. The van der Waals surface area contributed by atoms with Crippen molar-refractivity contribution in [3.05, 3.63) is 23.9 Å². The van der Waals surface area contributed by atoms with Crippen molar-refractivity contribution in [3.8, 4) is 0 Å². The summed E-state index contributed by atoms with van der Waals surface area (Å²) in [5.74, 6) is 1.94. The largest absolute Gasteiger partial charge is 0.389 e. The maximum absolute atomic E-state index is 9.61. The van der Waals surface area contributed by atoms with E-state index in [1.807, 2.05) is 19.2 Å². The number of thioether (sulfide) groups is 1. The standard InChI is InChI=1S/C11H18N2OS/c1-9(14)10-5-4-6-12-11(10)13(2)7-8-15-3/h4-6,9,14H,7-8H2,1-3H3/t9-/m1/s1. The highest BCUT2D eigenvalue weighted by Crippen LogP contribution is 2.22. The quantitative estimate of drug-likeness (QED) is 0.832. The molecule has 0 unspecified atom stereocenters. The lowest BCUT2D eigenvalue weighted by Gasteiger charge is -2.21. The van der Waals surface area contributed by atoms with Gasteiger partial charge in [-0.1, -0.05) is 6.07 Å². The maximum atomic E-state index is 9.61. The number of aromatic nitrogens is 1. The molecular formula is C11H18N2OS. The number of aliphatic hydroxyl groups excluding tert-OH is 1. The molecule has 3 nitrogen and oxygen atoms in total. The lowest BCUT2D eigenvalue weighted by Crippen LogP contribution is -2.23. The molecule has 1 atom stereocenters. The van der Waals surface area contributed by atoms with Crippen LogP contribution < -0.4 is 4.90 Å². The lowest BCUT2D eigenvalue weighted by molar-refractivity contribution is 0.199. The van der Waals surface area contributed by atoms with Gasteiger partial charge in [-0.25, -0.2) is 4.98 Å². The van der Waals surface area contributed by atoms with Gasteiger partial charge in [0.05, 0.1) is 6.10 Å². The fourth-order valence-electron chi connectivity index (χ4n) is 1.39. The van der Waals surface area contributed by atoms with Crippen LogP contribution in [0.15, 0.2) is 18.3 Å². The third-order valence-corrected chi connectivity index (χ3v) is 2.85. The molecule has 0 amide bonds. The minimum atomic E-state index is -0.467. The summed E-state index contributed by atoms with van der Waals surface area (Å²) < 4.78 is 0. The fourth-order valence-corrected chi connectivity index (χ4v) is 1.85. The summed E-state index contributed by atoms with van der Waals surface area (Å²) in [5.41, 5.74) is 0.890. The molecule has 0 saturated carbocycles. The molecule has 15 heavy (non-hydrogen) atoms. The molecule has 84 valence electrons. The Morgan fingerprint density at radius 1 is 1.60 bits per heavy atom. The van der Waals surface area contributed by atoms with Gasteiger partial charge in [0.1, 0.15) is 5.82 Å². The van der Waals surface area contributed by atoms with Gasteiger partial charge in [-0.15, -0.1) is 0 Å². The van der Waals surface area contributed by atoms with Crippen molar-refractivity contribution in [3.63, 3.8) is 0 Å². The number of aliphatic hydroxyl groups is 1. The van der Waals surface area contributed by atoms with Gasteiger partial charge in [-0.3, -0.25) is 0 Å². The molecule has 0 saturated heterocycles. The monoisotopic (exact) mass is 226 g/mol. The average molecular weight is 226 g/mol. The molecule has 4 heteroatoms. The lowest BCUT2D eigenvalue weighted by atomic mass is 10.1. The van der Waals surface area contributed by atoms with Gasteiger partial charge in [-0.05, 0) is 19.2 Å². The second-order valence-electron chi connectivity index (χ2n) is 3.51. The van der Waals surface area contributed by atoms with Crippen molar-refractivity contribution in [2.24, 2.45) is 0 Å². The topological polar surface area (TPSA) is 36.4 Å². The van der Waals surface area contributed by atoms with E-state index in [1.165, 1.54) is 0 Å². The van der Waals surface area contributed by atoms with Gasteiger partial charge < -0.3 is 10.0 Å². The van der Waals surface area contributed by atoms with Crippen molar-refractivity contribution < 1.29 is 5.11 Å². The summed E-state index contributed by atoms with van der Waals surface area (Å²) in [4.78, 5) is 6.39. The van der Waals surface area contributed by atoms with E-state index >= 15 is 0 Å². The van der Waals surface area contributed by atoms with Gasteiger partial charge in [0, 0.05) is 31.1 Å². The number of anilines is 1. The summed E-state index contributed by atoms with van der Waals surface area (Å²) in [6.45, 7) is 2.71. The smallest absolute Gasteiger partial charge is 0.134 e. The van der Waals surface area contributed by atoms with E-state index in [2.05, 4.69) is 16.1 Å². The Hall–Kier alpha value is -0.740. The van der Waals surface area contributed by atoms with Gasteiger partial charge in [-0.2, -0.15) is 11.8 Å². The summed E-state index contributed by atoms with van der Waals surface area (Å²) in [7, 11) is 2.00. The molecule has 1 aromatic heterocycles. The summed E-state index contributed by atoms with van der Waals surface area (Å²) in [5, 5.41) is 9.61. The molecule has 0 aliphatic carbocycles. The summed E-state index contributed by atoms with van der Waals surface area (Å²) >= 11 is 1.81. The Morgan fingerprint density at radius 3 is 2.93 bits per heavy atom. The zero-order valence-corrected chi connectivity index (χ0v) is 10.3. The average Bonchev–Trinajstić information content (AvgIpc) is 2.25. The van der Waals surface area contributed by atoms with Crippen LogP contribution in [0.25, 0.3) is 0 Å². The van der Waals surface area contributed by atoms with Crippen LogP contribution in [-0.4, -0.2) is 35.7 Å². The zero-order valence-electron chi connectivity index (χ0n) is 9.47. The van der Waals surface area contributed by atoms with Crippen LogP contribution in [0.3, 0.4) is 0 Å². The molecule has 1 heterocycles. The van der Waals surface area contributed by atoms with Crippen LogP contribution >= 0.6 is 11.8 Å². The molecule has 0 aliphatic heterocycles. The zero-order chi connectivity index (χ0) is 11.3. The Labute approximate surface area is 95.5 Å². The summed E-state index contributed by atoms with van der Waals surface area (Å²) in [6.07, 6.45) is 3.38. The van der Waals surface area contributed by atoms with Crippen LogP contribution in [0.2, 0.25) is 0 Å². The molecule has 1 rings (SSSR count). The molecular weight excluding hydrogens is 208 g/mol. The van der Waals surface area contributed by atoms with Crippen molar-refractivity contribution in [1.82, 2.24) is 4.98 Å². The first-order valence-corrected chi connectivity index (χ1v) is 6.39. The van der Waals surface area contributed by atoms with Crippen molar-refractivity contribution in [2.45, 2.75) is 13.0 Å². The maximum Gasteiger partial charge on any atom is 0.134 e. The van der Waals surface area contributed by atoms with Crippen molar-refractivity contribution >= 4 is 17.6 Å².